The van der Waals surface area contributed by atoms with E-state index in [9.17, 15) is 0 Å². The van der Waals surface area contributed by atoms with E-state index in [0.29, 0.717) is 48.0 Å². The molecule has 5 heteroatoms. The molecule has 0 amide bonds. The van der Waals surface area contributed by atoms with Crippen molar-refractivity contribution in [3.8, 4) is 11.5 Å². The van der Waals surface area contributed by atoms with Gasteiger partial charge in [0.1, 0.15) is 24.7 Å². The lowest BCUT2D eigenvalue weighted by molar-refractivity contribution is 0.0765. The number of hydrogen-bond acceptors (Lipinski definition) is 3. The van der Waals surface area contributed by atoms with Gasteiger partial charge in [0.05, 0.1) is 23.3 Å². The third-order valence-electron chi connectivity index (χ3n) is 2.64. The highest BCUT2D eigenvalue weighted by molar-refractivity contribution is 6.32. The maximum atomic E-state index is 5.97. The third kappa shape index (κ3) is 5.46. The number of benzene rings is 2. The minimum Gasteiger partial charge on any atom is -0.490 e. The molecule has 112 valence electrons. The Labute approximate surface area is 134 Å². The summed E-state index contributed by atoms with van der Waals surface area (Å²) in [5.74, 6) is 1.32. The molecule has 0 aromatic heterocycles. The fourth-order valence-corrected chi connectivity index (χ4v) is 2.03. The van der Waals surface area contributed by atoms with Gasteiger partial charge in [0.15, 0.2) is 0 Å². The van der Waals surface area contributed by atoms with E-state index in [2.05, 4.69) is 0 Å². The van der Waals surface area contributed by atoms with Gasteiger partial charge >= 0.3 is 0 Å². The molecule has 0 fully saturated rings. The van der Waals surface area contributed by atoms with Crippen molar-refractivity contribution in [2.24, 2.45) is 0 Å². The van der Waals surface area contributed by atoms with Crippen LogP contribution in [0.4, 0.5) is 0 Å². The van der Waals surface area contributed by atoms with Crippen molar-refractivity contribution in [1.29, 1.82) is 0 Å². The minimum absolute atomic E-state index is 0.440. The second-order valence-electron chi connectivity index (χ2n) is 4.17. The Morgan fingerprint density at radius 1 is 0.619 bits per heavy atom. The van der Waals surface area contributed by atoms with Gasteiger partial charge in [0, 0.05) is 0 Å². The van der Waals surface area contributed by atoms with Crippen LogP contribution >= 0.6 is 23.2 Å². The van der Waals surface area contributed by atoms with E-state index in [1.54, 1.807) is 12.1 Å². The highest BCUT2D eigenvalue weighted by Crippen LogP contribution is 2.23. The topological polar surface area (TPSA) is 27.7 Å². The predicted octanol–water partition coefficient (Wildman–Crippen LogP) is 4.47. The summed E-state index contributed by atoms with van der Waals surface area (Å²) in [6.07, 6.45) is 0. The molecule has 0 aliphatic heterocycles. The highest BCUT2D eigenvalue weighted by atomic mass is 35.5. The standard InChI is InChI=1S/C16H16Cl2O3/c17-13-5-1-3-7-15(13)20-11-9-19-10-12-21-16-8-4-2-6-14(16)18/h1-8H,9-12H2. The SMILES string of the molecule is Clc1ccccc1OCCOCCOc1ccccc1Cl. The molecule has 0 saturated heterocycles. The average Bonchev–Trinajstić information content (AvgIpc) is 2.50. The van der Waals surface area contributed by atoms with Gasteiger partial charge in [-0.15, -0.1) is 0 Å². The van der Waals surface area contributed by atoms with Crippen LogP contribution in [0, 0.1) is 0 Å². The smallest absolute Gasteiger partial charge is 0.138 e. The molecule has 2 aromatic carbocycles. The Morgan fingerprint density at radius 3 is 1.48 bits per heavy atom. The van der Waals surface area contributed by atoms with E-state index in [1.165, 1.54) is 0 Å². The molecular formula is C16H16Cl2O3. The van der Waals surface area contributed by atoms with Crippen LogP contribution in [0.2, 0.25) is 10.0 Å². The number of rotatable bonds is 8. The van der Waals surface area contributed by atoms with E-state index in [4.69, 9.17) is 37.4 Å². The molecule has 0 radical (unpaired) electrons. The lowest BCUT2D eigenvalue weighted by Crippen LogP contribution is -2.12. The molecule has 3 nitrogen and oxygen atoms in total. The van der Waals surface area contributed by atoms with Gasteiger partial charge < -0.3 is 14.2 Å². The minimum atomic E-state index is 0.440. The summed E-state index contributed by atoms with van der Waals surface area (Å²) < 4.78 is 16.4. The first-order valence-electron chi connectivity index (χ1n) is 6.60. The number of hydrogen-bond donors (Lipinski definition) is 0. The molecule has 0 bridgehead atoms. The zero-order chi connectivity index (χ0) is 14.9. The van der Waals surface area contributed by atoms with Crippen LogP contribution < -0.4 is 9.47 Å². The zero-order valence-electron chi connectivity index (χ0n) is 11.4. The first-order chi connectivity index (χ1) is 10.3. The van der Waals surface area contributed by atoms with Gasteiger partial charge in [-0.3, -0.25) is 0 Å². The maximum absolute atomic E-state index is 5.97. The van der Waals surface area contributed by atoms with Gasteiger partial charge in [-0.25, -0.2) is 0 Å². The number of halogens is 2. The molecule has 21 heavy (non-hydrogen) atoms. The molecule has 2 aromatic rings. The van der Waals surface area contributed by atoms with Crippen molar-refractivity contribution in [1.82, 2.24) is 0 Å². The van der Waals surface area contributed by atoms with Crippen molar-refractivity contribution < 1.29 is 14.2 Å². The van der Waals surface area contributed by atoms with E-state index in [1.807, 2.05) is 36.4 Å². The Kier molecular flexibility index (Phi) is 6.67. The second kappa shape index (κ2) is 8.78. The summed E-state index contributed by atoms with van der Waals surface area (Å²) in [4.78, 5) is 0. The summed E-state index contributed by atoms with van der Waals surface area (Å²) in [6.45, 7) is 1.82. The largest absolute Gasteiger partial charge is 0.490 e. The monoisotopic (exact) mass is 326 g/mol. The first-order valence-corrected chi connectivity index (χ1v) is 7.35. The Bertz CT molecular complexity index is 511. The Morgan fingerprint density at radius 2 is 1.05 bits per heavy atom. The molecule has 0 spiro atoms. The van der Waals surface area contributed by atoms with Crippen molar-refractivity contribution in [3.05, 3.63) is 58.6 Å². The van der Waals surface area contributed by atoms with Crippen molar-refractivity contribution in [2.45, 2.75) is 0 Å². The first kappa shape index (κ1) is 16.0. The molecule has 0 atom stereocenters. The van der Waals surface area contributed by atoms with Crippen LogP contribution in [0.3, 0.4) is 0 Å². The molecule has 0 unspecified atom stereocenters. The molecule has 0 heterocycles. The summed E-state index contributed by atoms with van der Waals surface area (Å²) in [7, 11) is 0. The lowest BCUT2D eigenvalue weighted by atomic mass is 10.3. The van der Waals surface area contributed by atoms with Crippen LogP contribution in [-0.4, -0.2) is 26.4 Å². The molecule has 0 aliphatic carbocycles. The number of para-hydroxylation sites is 2. The van der Waals surface area contributed by atoms with E-state index >= 15 is 0 Å². The van der Waals surface area contributed by atoms with Crippen molar-refractivity contribution in [3.63, 3.8) is 0 Å². The van der Waals surface area contributed by atoms with Crippen LogP contribution in [0.25, 0.3) is 0 Å². The average molecular weight is 327 g/mol. The fourth-order valence-electron chi connectivity index (χ4n) is 1.65. The van der Waals surface area contributed by atoms with Crippen molar-refractivity contribution in [2.75, 3.05) is 26.4 Å². The fraction of sp³-hybridized carbons (Fsp3) is 0.250. The highest BCUT2D eigenvalue weighted by Gasteiger charge is 2.00. The normalized spacial score (nSPS) is 10.4. The Hall–Kier alpha value is -1.42. The van der Waals surface area contributed by atoms with Gasteiger partial charge in [-0.2, -0.15) is 0 Å². The van der Waals surface area contributed by atoms with E-state index in [0.717, 1.165) is 0 Å². The van der Waals surface area contributed by atoms with Gasteiger partial charge in [-0.1, -0.05) is 47.5 Å². The molecule has 0 aliphatic rings. The summed E-state index contributed by atoms with van der Waals surface area (Å²) in [5, 5.41) is 1.19. The summed E-state index contributed by atoms with van der Waals surface area (Å²) >= 11 is 11.9. The quantitative estimate of drug-likeness (QED) is 0.670. The lowest BCUT2D eigenvalue weighted by Gasteiger charge is -2.10. The van der Waals surface area contributed by atoms with E-state index < -0.39 is 0 Å². The van der Waals surface area contributed by atoms with Crippen LogP contribution in [0.5, 0.6) is 11.5 Å². The van der Waals surface area contributed by atoms with Gasteiger partial charge in [0.2, 0.25) is 0 Å². The van der Waals surface area contributed by atoms with Crippen molar-refractivity contribution >= 4 is 23.2 Å². The molecule has 0 N–H and O–H groups in total. The Balaban J connectivity index is 1.57. The van der Waals surface area contributed by atoms with Crippen LogP contribution in [0.15, 0.2) is 48.5 Å². The number of ether oxygens (including phenoxy) is 3. The molecule has 0 saturated carbocycles. The predicted molar refractivity (Wildman–Crippen MR) is 84.7 cm³/mol. The van der Waals surface area contributed by atoms with Crippen LogP contribution in [0.1, 0.15) is 0 Å². The third-order valence-corrected chi connectivity index (χ3v) is 3.27. The zero-order valence-corrected chi connectivity index (χ0v) is 12.9. The van der Waals surface area contributed by atoms with Crippen LogP contribution in [-0.2, 0) is 4.74 Å². The van der Waals surface area contributed by atoms with Gasteiger partial charge in [0.25, 0.3) is 0 Å². The van der Waals surface area contributed by atoms with Gasteiger partial charge in [-0.05, 0) is 24.3 Å². The second-order valence-corrected chi connectivity index (χ2v) is 4.98. The maximum Gasteiger partial charge on any atom is 0.138 e. The van der Waals surface area contributed by atoms with E-state index in [-0.39, 0.29) is 0 Å². The molecule has 2 rings (SSSR count). The summed E-state index contributed by atoms with van der Waals surface area (Å²) in [5.41, 5.74) is 0. The molecular weight excluding hydrogens is 311 g/mol. The summed E-state index contributed by atoms with van der Waals surface area (Å²) in [6, 6.07) is 14.7.